The van der Waals surface area contributed by atoms with E-state index < -0.39 is 6.04 Å². The Morgan fingerprint density at radius 3 is 2.74 bits per heavy atom. The van der Waals surface area contributed by atoms with Crippen LogP contribution in [-0.4, -0.2) is 32.6 Å². The van der Waals surface area contributed by atoms with Crippen molar-refractivity contribution < 1.29 is 14.3 Å². The summed E-state index contributed by atoms with van der Waals surface area (Å²) in [6.45, 7) is 2.51. The quantitative estimate of drug-likeness (QED) is 0.844. The molecule has 2 rings (SSSR count). The maximum Gasteiger partial charge on any atom is 0.254 e. The lowest BCUT2D eigenvalue weighted by Gasteiger charge is -2.14. The summed E-state index contributed by atoms with van der Waals surface area (Å²) in [7, 11) is 3.15. The van der Waals surface area contributed by atoms with Crippen molar-refractivity contribution >= 4 is 11.9 Å². The second kappa shape index (κ2) is 5.60. The Morgan fingerprint density at radius 1 is 1.32 bits per heavy atom. The molecular weight excluding hydrogens is 246 g/mol. The lowest BCUT2D eigenvalue weighted by atomic mass is 10.1. The molecule has 1 aliphatic rings. The maximum absolute atomic E-state index is 11.9. The van der Waals surface area contributed by atoms with Gasteiger partial charge in [0.15, 0.2) is 5.96 Å². The first kappa shape index (κ1) is 13.2. The van der Waals surface area contributed by atoms with Crippen LogP contribution in [0.1, 0.15) is 18.5 Å². The minimum atomic E-state index is -0.494. The number of guanidine groups is 1. The molecule has 1 saturated heterocycles. The SMILES string of the molecule is CCN=C1NC(=O)C(c2ccc(OC)cc2OC)N1. The summed E-state index contributed by atoms with van der Waals surface area (Å²) in [5.41, 5.74) is 0.752. The average Bonchev–Trinajstić information content (AvgIpc) is 2.79. The minimum Gasteiger partial charge on any atom is -0.497 e. The third kappa shape index (κ3) is 2.62. The van der Waals surface area contributed by atoms with Crippen LogP contribution < -0.4 is 20.1 Å². The Labute approximate surface area is 111 Å². The molecule has 0 bridgehead atoms. The van der Waals surface area contributed by atoms with Crippen LogP contribution in [-0.2, 0) is 4.79 Å². The Morgan fingerprint density at radius 2 is 2.11 bits per heavy atom. The number of rotatable bonds is 4. The highest BCUT2D eigenvalue weighted by molar-refractivity contribution is 6.07. The molecule has 1 heterocycles. The first-order chi connectivity index (χ1) is 9.19. The van der Waals surface area contributed by atoms with Crippen LogP contribution in [0.5, 0.6) is 11.5 Å². The zero-order valence-electron chi connectivity index (χ0n) is 11.2. The Balaban J connectivity index is 2.32. The number of carbonyl (C=O) groups excluding carboxylic acids is 1. The topological polar surface area (TPSA) is 72.0 Å². The molecule has 0 aliphatic carbocycles. The Bertz CT molecular complexity index is 514. The van der Waals surface area contributed by atoms with E-state index in [-0.39, 0.29) is 5.91 Å². The molecule has 0 radical (unpaired) electrons. The first-order valence-electron chi connectivity index (χ1n) is 6.03. The molecule has 1 atom stereocenters. The van der Waals surface area contributed by atoms with Crippen LogP contribution in [0.3, 0.4) is 0 Å². The molecule has 19 heavy (non-hydrogen) atoms. The number of nitrogens with zero attached hydrogens (tertiary/aromatic N) is 1. The second-order valence-corrected chi connectivity index (χ2v) is 4.00. The fourth-order valence-corrected chi connectivity index (χ4v) is 1.95. The van der Waals surface area contributed by atoms with Gasteiger partial charge in [-0.25, -0.2) is 0 Å². The van der Waals surface area contributed by atoms with Gasteiger partial charge in [0.25, 0.3) is 5.91 Å². The molecule has 0 spiro atoms. The molecule has 2 N–H and O–H groups in total. The average molecular weight is 263 g/mol. The molecule has 1 aromatic rings. The number of carbonyl (C=O) groups is 1. The van der Waals surface area contributed by atoms with E-state index in [1.54, 1.807) is 26.4 Å². The molecule has 0 aromatic heterocycles. The van der Waals surface area contributed by atoms with E-state index in [1.165, 1.54) is 0 Å². The van der Waals surface area contributed by atoms with Gasteiger partial charge < -0.3 is 14.8 Å². The summed E-state index contributed by atoms with van der Waals surface area (Å²) >= 11 is 0. The summed E-state index contributed by atoms with van der Waals surface area (Å²) in [4.78, 5) is 16.1. The molecule has 1 aliphatic heterocycles. The van der Waals surface area contributed by atoms with Gasteiger partial charge in [0.2, 0.25) is 0 Å². The summed E-state index contributed by atoms with van der Waals surface area (Å²) in [6.07, 6.45) is 0. The minimum absolute atomic E-state index is 0.143. The summed E-state index contributed by atoms with van der Waals surface area (Å²) < 4.78 is 10.4. The predicted octanol–water partition coefficient (Wildman–Crippen LogP) is 0.840. The van der Waals surface area contributed by atoms with Crippen LogP contribution in [0, 0.1) is 0 Å². The van der Waals surface area contributed by atoms with Crippen LogP contribution in [0.15, 0.2) is 23.2 Å². The van der Waals surface area contributed by atoms with Gasteiger partial charge in [0, 0.05) is 18.2 Å². The van der Waals surface area contributed by atoms with Gasteiger partial charge in [-0.2, -0.15) is 0 Å². The summed E-state index contributed by atoms with van der Waals surface area (Å²) in [5.74, 6) is 1.64. The number of nitrogens with one attached hydrogen (secondary N) is 2. The third-order valence-electron chi connectivity index (χ3n) is 2.85. The van der Waals surface area contributed by atoms with Crippen molar-refractivity contribution in [2.45, 2.75) is 13.0 Å². The monoisotopic (exact) mass is 263 g/mol. The molecule has 0 saturated carbocycles. The first-order valence-corrected chi connectivity index (χ1v) is 6.03. The molecule has 1 aromatic carbocycles. The molecule has 1 unspecified atom stereocenters. The number of benzene rings is 1. The van der Waals surface area contributed by atoms with Gasteiger partial charge in [-0.1, -0.05) is 0 Å². The predicted molar refractivity (Wildman–Crippen MR) is 71.5 cm³/mol. The van der Waals surface area contributed by atoms with Gasteiger partial charge in [-0.3, -0.25) is 15.1 Å². The molecule has 6 heteroatoms. The molecular formula is C13H17N3O3. The molecule has 102 valence electrons. The lowest BCUT2D eigenvalue weighted by molar-refractivity contribution is -0.120. The van der Waals surface area contributed by atoms with Gasteiger partial charge in [-0.05, 0) is 19.1 Å². The number of hydrogen-bond acceptors (Lipinski definition) is 4. The third-order valence-corrected chi connectivity index (χ3v) is 2.85. The van der Waals surface area contributed by atoms with E-state index in [0.29, 0.717) is 24.0 Å². The van der Waals surface area contributed by atoms with Gasteiger partial charge in [0.05, 0.1) is 14.2 Å². The van der Waals surface area contributed by atoms with Crippen molar-refractivity contribution in [2.24, 2.45) is 4.99 Å². The van der Waals surface area contributed by atoms with E-state index in [1.807, 2.05) is 13.0 Å². The maximum atomic E-state index is 11.9. The summed E-state index contributed by atoms with van der Waals surface area (Å²) in [6, 6.07) is 4.86. The molecule has 6 nitrogen and oxygen atoms in total. The highest BCUT2D eigenvalue weighted by Crippen LogP contribution is 2.30. The zero-order chi connectivity index (χ0) is 13.8. The number of amides is 1. The van der Waals surface area contributed by atoms with Crippen LogP contribution in [0.2, 0.25) is 0 Å². The van der Waals surface area contributed by atoms with Crippen molar-refractivity contribution in [3.63, 3.8) is 0 Å². The molecule has 1 fully saturated rings. The van der Waals surface area contributed by atoms with Crippen LogP contribution >= 0.6 is 0 Å². The highest BCUT2D eigenvalue weighted by Gasteiger charge is 2.31. The smallest absolute Gasteiger partial charge is 0.254 e. The largest absolute Gasteiger partial charge is 0.497 e. The van der Waals surface area contributed by atoms with E-state index in [4.69, 9.17) is 9.47 Å². The van der Waals surface area contributed by atoms with Crippen molar-refractivity contribution in [3.05, 3.63) is 23.8 Å². The Hall–Kier alpha value is -2.24. The van der Waals surface area contributed by atoms with Gasteiger partial charge in [-0.15, -0.1) is 0 Å². The van der Waals surface area contributed by atoms with Crippen LogP contribution in [0.4, 0.5) is 0 Å². The number of aliphatic imine (C=N–C) groups is 1. The standard InChI is InChI=1S/C13H17N3O3/c1-4-14-13-15-11(12(17)16-13)9-6-5-8(18-2)7-10(9)19-3/h5-7,11H,4H2,1-3H3,(H2,14,15,16,17). The van der Waals surface area contributed by atoms with Gasteiger partial charge in [0.1, 0.15) is 17.5 Å². The zero-order valence-corrected chi connectivity index (χ0v) is 11.2. The van der Waals surface area contributed by atoms with E-state index in [0.717, 1.165) is 5.56 Å². The number of hydrogen-bond donors (Lipinski definition) is 2. The normalized spacial score (nSPS) is 20.1. The van der Waals surface area contributed by atoms with E-state index in [2.05, 4.69) is 15.6 Å². The number of methoxy groups -OCH3 is 2. The van der Waals surface area contributed by atoms with Crippen molar-refractivity contribution in [1.29, 1.82) is 0 Å². The molecule has 1 amide bonds. The van der Waals surface area contributed by atoms with E-state index in [9.17, 15) is 4.79 Å². The fraction of sp³-hybridized carbons (Fsp3) is 0.385. The fourth-order valence-electron chi connectivity index (χ4n) is 1.95. The van der Waals surface area contributed by atoms with Crippen LogP contribution in [0.25, 0.3) is 0 Å². The Kier molecular flexibility index (Phi) is 3.89. The summed E-state index contributed by atoms with van der Waals surface area (Å²) in [5, 5.41) is 5.74. The van der Waals surface area contributed by atoms with Crippen molar-refractivity contribution in [1.82, 2.24) is 10.6 Å². The lowest BCUT2D eigenvalue weighted by Crippen LogP contribution is -2.25. The van der Waals surface area contributed by atoms with Crippen molar-refractivity contribution in [3.8, 4) is 11.5 Å². The van der Waals surface area contributed by atoms with Crippen molar-refractivity contribution in [2.75, 3.05) is 20.8 Å². The number of ether oxygens (including phenoxy) is 2. The highest BCUT2D eigenvalue weighted by atomic mass is 16.5. The van der Waals surface area contributed by atoms with E-state index >= 15 is 0 Å². The second-order valence-electron chi connectivity index (χ2n) is 4.00. The van der Waals surface area contributed by atoms with Gasteiger partial charge >= 0.3 is 0 Å².